The highest BCUT2D eigenvalue weighted by molar-refractivity contribution is 6.30. The minimum atomic E-state index is -0.493. The lowest BCUT2D eigenvalue weighted by Crippen LogP contribution is -2.40. The van der Waals surface area contributed by atoms with Crippen LogP contribution >= 0.6 is 11.6 Å². The fourth-order valence-corrected chi connectivity index (χ4v) is 3.22. The second-order valence-electron chi connectivity index (χ2n) is 5.93. The molecular weight excluding hydrogens is 333 g/mol. The van der Waals surface area contributed by atoms with Crippen molar-refractivity contribution in [1.82, 2.24) is 14.9 Å². The molecule has 1 N–H and O–H groups in total. The molecule has 1 unspecified atom stereocenters. The smallest absolute Gasteiger partial charge is 0.342 e. The second kappa shape index (κ2) is 7.13. The summed E-state index contributed by atoms with van der Waals surface area (Å²) in [6, 6.07) is 6.10. The van der Waals surface area contributed by atoms with Gasteiger partial charge in [-0.05, 0) is 36.6 Å². The van der Waals surface area contributed by atoms with Crippen molar-refractivity contribution in [3.8, 4) is 0 Å². The molecule has 1 aromatic heterocycles. The van der Waals surface area contributed by atoms with E-state index in [-0.39, 0.29) is 29.0 Å². The van der Waals surface area contributed by atoms with Gasteiger partial charge in [-0.1, -0.05) is 17.7 Å². The second-order valence-corrected chi connectivity index (χ2v) is 6.34. The van der Waals surface area contributed by atoms with Gasteiger partial charge in [-0.25, -0.2) is 14.2 Å². The Balaban J connectivity index is 1.68. The van der Waals surface area contributed by atoms with Crippen molar-refractivity contribution >= 4 is 17.5 Å². The number of rotatable bonds is 3. The molecule has 7 heteroatoms. The number of amides is 1. The van der Waals surface area contributed by atoms with Crippen LogP contribution in [0.4, 0.5) is 4.39 Å². The fraction of sp³-hybridized carbons (Fsp3) is 0.353. The van der Waals surface area contributed by atoms with Crippen molar-refractivity contribution in [2.24, 2.45) is 0 Å². The molecule has 0 spiro atoms. The number of aromatic amines is 1. The number of hydrogen-bond donors (Lipinski definition) is 1. The normalized spacial score (nSPS) is 17.8. The van der Waals surface area contributed by atoms with Crippen molar-refractivity contribution in [2.75, 3.05) is 13.1 Å². The van der Waals surface area contributed by atoms with Crippen LogP contribution in [0.1, 0.15) is 30.0 Å². The van der Waals surface area contributed by atoms with E-state index in [4.69, 9.17) is 11.6 Å². The summed E-state index contributed by atoms with van der Waals surface area (Å²) in [7, 11) is 0. The number of H-pyrrole nitrogens is 1. The van der Waals surface area contributed by atoms with Crippen LogP contribution in [0.5, 0.6) is 0 Å². The number of nitrogens with zero attached hydrogens (tertiary/aromatic N) is 2. The summed E-state index contributed by atoms with van der Waals surface area (Å²) < 4.78 is 13.2. The predicted octanol–water partition coefficient (Wildman–Crippen LogP) is 2.51. The first-order valence-electron chi connectivity index (χ1n) is 7.80. The lowest BCUT2D eigenvalue weighted by Gasteiger charge is -2.32. The number of carbonyl (C=O) groups is 1. The molecule has 2 aromatic rings. The number of carbonyl (C=O) groups excluding carboxylic acids is 1. The van der Waals surface area contributed by atoms with Gasteiger partial charge in [0, 0.05) is 30.9 Å². The van der Waals surface area contributed by atoms with Crippen LogP contribution in [-0.2, 0) is 11.2 Å². The van der Waals surface area contributed by atoms with Crippen LogP contribution in [0, 0.1) is 5.82 Å². The lowest BCUT2D eigenvalue weighted by atomic mass is 9.94. The van der Waals surface area contributed by atoms with Crippen LogP contribution < -0.4 is 5.69 Å². The first kappa shape index (κ1) is 16.6. The minimum Gasteiger partial charge on any atom is -0.342 e. The highest BCUT2D eigenvalue weighted by Crippen LogP contribution is 2.25. The molecule has 24 heavy (non-hydrogen) atoms. The number of halogens is 2. The molecule has 1 saturated heterocycles. The number of benzene rings is 1. The van der Waals surface area contributed by atoms with Crippen LogP contribution in [0.25, 0.3) is 0 Å². The van der Waals surface area contributed by atoms with Gasteiger partial charge in [0.05, 0.1) is 11.4 Å². The Morgan fingerprint density at radius 2 is 2.25 bits per heavy atom. The Morgan fingerprint density at radius 1 is 1.42 bits per heavy atom. The van der Waals surface area contributed by atoms with E-state index in [2.05, 4.69) is 9.97 Å². The Bertz CT molecular complexity index is 808. The first-order chi connectivity index (χ1) is 11.5. The zero-order valence-corrected chi connectivity index (χ0v) is 13.7. The van der Waals surface area contributed by atoms with Crippen molar-refractivity contribution in [2.45, 2.75) is 25.2 Å². The summed E-state index contributed by atoms with van der Waals surface area (Å²) in [5.74, 6) is -0.429. The largest absolute Gasteiger partial charge is 0.345 e. The van der Waals surface area contributed by atoms with Crippen molar-refractivity contribution in [3.05, 3.63) is 63.0 Å². The maximum absolute atomic E-state index is 13.2. The number of piperidine rings is 1. The molecule has 126 valence electrons. The summed E-state index contributed by atoms with van der Waals surface area (Å²) >= 11 is 5.76. The van der Waals surface area contributed by atoms with Crippen LogP contribution in [0.3, 0.4) is 0 Å². The molecule has 2 heterocycles. The van der Waals surface area contributed by atoms with Gasteiger partial charge in [-0.15, -0.1) is 0 Å². The average Bonchev–Trinajstić information content (AvgIpc) is 2.58. The highest BCUT2D eigenvalue weighted by atomic mass is 35.5. The highest BCUT2D eigenvalue weighted by Gasteiger charge is 2.25. The third-order valence-corrected chi connectivity index (χ3v) is 4.54. The van der Waals surface area contributed by atoms with E-state index in [1.807, 2.05) is 0 Å². The molecule has 1 atom stereocenters. The van der Waals surface area contributed by atoms with Gasteiger partial charge >= 0.3 is 5.69 Å². The molecule has 1 aliphatic rings. The Labute approximate surface area is 143 Å². The molecule has 1 aliphatic heterocycles. The summed E-state index contributed by atoms with van der Waals surface area (Å²) in [6.07, 6.45) is 3.44. The maximum atomic E-state index is 13.2. The average molecular weight is 350 g/mol. The van der Waals surface area contributed by atoms with E-state index in [9.17, 15) is 14.0 Å². The number of likely N-dealkylation sites (tertiary alicyclic amines) is 1. The summed E-state index contributed by atoms with van der Waals surface area (Å²) in [4.78, 5) is 32.0. The Morgan fingerprint density at radius 3 is 3.00 bits per heavy atom. The van der Waals surface area contributed by atoms with Gasteiger partial charge in [0.15, 0.2) is 0 Å². The van der Waals surface area contributed by atoms with Crippen molar-refractivity contribution < 1.29 is 9.18 Å². The third-order valence-electron chi connectivity index (χ3n) is 4.25. The van der Waals surface area contributed by atoms with E-state index in [0.29, 0.717) is 18.7 Å². The number of aromatic nitrogens is 2. The molecule has 0 aliphatic carbocycles. The molecule has 3 rings (SSSR count). The van der Waals surface area contributed by atoms with E-state index in [1.54, 1.807) is 17.0 Å². The van der Waals surface area contributed by atoms with Crippen molar-refractivity contribution in [3.63, 3.8) is 0 Å². The molecule has 1 aromatic carbocycles. The summed E-state index contributed by atoms with van der Waals surface area (Å²) in [6.45, 7) is 1.23. The standard InChI is InChI=1S/C17H17ClFN3O2/c18-13-8-11(3-4-14(13)19)9-16(23)22-7-1-2-12(10-22)15-5-6-20-17(24)21-15/h3-6,8,12H,1-2,7,9-10H2,(H,20,21,24). The molecule has 5 nitrogen and oxygen atoms in total. The lowest BCUT2D eigenvalue weighted by molar-refractivity contribution is -0.131. The fourth-order valence-electron chi connectivity index (χ4n) is 3.01. The zero-order chi connectivity index (χ0) is 17.1. The Hall–Kier alpha value is -2.21. The van der Waals surface area contributed by atoms with E-state index in [0.717, 1.165) is 18.5 Å². The van der Waals surface area contributed by atoms with Gasteiger partial charge in [0.1, 0.15) is 5.82 Å². The van der Waals surface area contributed by atoms with Crippen molar-refractivity contribution in [1.29, 1.82) is 0 Å². The van der Waals surface area contributed by atoms with E-state index < -0.39 is 5.82 Å². The topological polar surface area (TPSA) is 66.1 Å². The summed E-state index contributed by atoms with van der Waals surface area (Å²) in [5.41, 5.74) is 1.11. The molecule has 1 fully saturated rings. The van der Waals surface area contributed by atoms with Crippen LogP contribution in [-0.4, -0.2) is 33.9 Å². The molecule has 0 saturated carbocycles. The molecule has 1 amide bonds. The minimum absolute atomic E-state index is 0.0196. The van der Waals surface area contributed by atoms with Gasteiger partial charge in [-0.2, -0.15) is 0 Å². The predicted molar refractivity (Wildman–Crippen MR) is 88.5 cm³/mol. The number of hydrogen-bond acceptors (Lipinski definition) is 3. The Kier molecular flexibility index (Phi) is 4.94. The molecule has 0 bridgehead atoms. The van der Waals surface area contributed by atoms with Gasteiger partial charge in [-0.3, -0.25) is 4.79 Å². The molecular formula is C17H17ClFN3O2. The van der Waals surface area contributed by atoms with Gasteiger partial charge in [0.2, 0.25) is 5.91 Å². The van der Waals surface area contributed by atoms with Gasteiger partial charge < -0.3 is 9.88 Å². The SMILES string of the molecule is O=C(Cc1ccc(F)c(Cl)c1)N1CCCC(c2ccnc(=O)[nH]2)C1. The maximum Gasteiger partial charge on any atom is 0.345 e. The quantitative estimate of drug-likeness (QED) is 0.926. The van der Waals surface area contributed by atoms with Gasteiger partial charge in [0.25, 0.3) is 0 Å². The monoisotopic (exact) mass is 349 g/mol. The number of nitrogens with one attached hydrogen (secondary N) is 1. The van der Waals surface area contributed by atoms with E-state index in [1.165, 1.54) is 18.3 Å². The van der Waals surface area contributed by atoms with E-state index >= 15 is 0 Å². The third kappa shape index (κ3) is 3.82. The van der Waals surface area contributed by atoms with Crippen LogP contribution in [0.2, 0.25) is 5.02 Å². The van der Waals surface area contributed by atoms with Crippen LogP contribution in [0.15, 0.2) is 35.3 Å². The molecule has 0 radical (unpaired) electrons. The summed E-state index contributed by atoms with van der Waals surface area (Å²) in [5, 5.41) is 0.0196. The zero-order valence-electron chi connectivity index (χ0n) is 13.0. The first-order valence-corrected chi connectivity index (χ1v) is 8.17.